The van der Waals surface area contributed by atoms with Gasteiger partial charge in [0, 0.05) is 11.7 Å². The number of carbonyl (C=O) groups excluding carboxylic acids is 1. The van der Waals surface area contributed by atoms with E-state index in [0.717, 1.165) is 6.20 Å². The lowest BCUT2D eigenvalue weighted by molar-refractivity contribution is -0.138. The summed E-state index contributed by atoms with van der Waals surface area (Å²) in [5, 5.41) is 11.1. The zero-order chi connectivity index (χ0) is 13.9. The van der Waals surface area contributed by atoms with Crippen molar-refractivity contribution in [2.45, 2.75) is 25.8 Å². The van der Waals surface area contributed by atoms with Crippen LogP contribution in [0.25, 0.3) is 0 Å². The van der Waals surface area contributed by atoms with Gasteiger partial charge in [0.1, 0.15) is 5.56 Å². The second-order valence-electron chi connectivity index (χ2n) is 4.39. The fraction of sp³-hybridized carbons (Fsp3) is 0.400. The Morgan fingerprint density at radius 1 is 1.39 bits per heavy atom. The van der Waals surface area contributed by atoms with Gasteiger partial charge in [0.15, 0.2) is 0 Å². The minimum Gasteiger partial charge on any atom is -0.481 e. The molecule has 1 aromatic heterocycles. The quantitative estimate of drug-likeness (QED) is 0.550. The van der Waals surface area contributed by atoms with E-state index in [-0.39, 0.29) is 12.0 Å². The second kappa shape index (κ2) is 4.86. The summed E-state index contributed by atoms with van der Waals surface area (Å²) in [5.74, 6) is -1.82. The van der Waals surface area contributed by atoms with Crippen molar-refractivity contribution in [3.63, 3.8) is 0 Å². The van der Waals surface area contributed by atoms with E-state index < -0.39 is 28.7 Å². The average Bonchev–Trinajstić information content (AvgIpc) is 2.13. The molecule has 0 fully saturated rings. The van der Waals surface area contributed by atoms with Gasteiger partial charge in [-0.25, -0.2) is 4.79 Å². The summed E-state index contributed by atoms with van der Waals surface area (Å²) in [5.41, 5.74) is -2.84. The number of rotatable bonds is 4. The number of aliphatic carboxylic acids is 1. The number of aromatic nitrogens is 2. The Balaban J connectivity index is 2.92. The van der Waals surface area contributed by atoms with Crippen LogP contribution >= 0.6 is 0 Å². The minimum atomic E-state index is -1.07. The molecule has 0 saturated heterocycles. The first-order chi connectivity index (χ1) is 8.21. The summed E-state index contributed by atoms with van der Waals surface area (Å²) in [6.07, 6.45) is 0.688. The molecule has 0 saturated carbocycles. The molecule has 0 spiro atoms. The van der Waals surface area contributed by atoms with Crippen LogP contribution in [0.3, 0.4) is 0 Å². The van der Waals surface area contributed by atoms with E-state index in [1.807, 2.05) is 4.98 Å². The second-order valence-corrected chi connectivity index (χ2v) is 4.39. The molecule has 1 amide bonds. The molecule has 1 rings (SSSR count). The summed E-state index contributed by atoms with van der Waals surface area (Å²) in [4.78, 5) is 48.5. The summed E-state index contributed by atoms with van der Waals surface area (Å²) in [7, 11) is 0. The van der Waals surface area contributed by atoms with Crippen LogP contribution in [-0.4, -0.2) is 32.5 Å². The molecule has 8 heteroatoms. The van der Waals surface area contributed by atoms with Crippen molar-refractivity contribution in [2.24, 2.45) is 0 Å². The fourth-order valence-electron chi connectivity index (χ4n) is 1.38. The highest BCUT2D eigenvalue weighted by Crippen LogP contribution is 2.08. The number of H-pyrrole nitrogens is 2. The highest BCUT2D eigenvalue weighted by molar-refractivity contribution is 5.94. The highest BCUT2D eigenvalue weighted by atomic mass is 16.4. The average molecular weight is 255 g/mol. The van der Waals surface area contributed by atoms with Crippen molar-refractivity contribution < 1.29 is 14.7 Å². The van der Waals surface area contributed by atoms with Gasteiger partial charge in [-0.3, -0.25) is 19.4 Å². The molecule has 0 aromatic carbocycles. The lowest BCUT2D eigenvalue weighted by Gasteiger charge is -2.23. The minimum absolute atomic E-state index is 0.284. The van der Waals surface area contributed by atoms with Crippen LogP contribution in [0.5, 0.6) is 0 Å². The Labute approximate surface area is 101 Å². The van der Waals surface area contributed by atoms with Gasteiger partial charge in [0.2, 0.25) is 0 Å². The predicted octanol–water partition coefficient (Wildman–Crippen LogP) is -0.954. The van der Waals surface area contributed by atoms with Gasteiger partial charge in [-0.1, -0.05) is 0 Å². The molecule has 0 unspecified atom stereocenters. The lowest BCUT2D eigenvalue weighted by Crippen LogP contribution is -2.46. The zero-order valence-corrected chi connectivity index (χ0v) is 9.86. The molecule has 0 aliphatic heterocycles. The molecule has 0 radical (unpaired) electrons. The van der Waals surface area contributed by atoms with Crippen LogP contribution in [0.15, 0.2) is 15.8 Å². The SMILES string of the molecule is CC(C)(CC(=O)O)NC(=O)c1c[nH]c(=O)[nH]c1=O. The zero-order valence-electron chi connectivity index (χ0n) is 9.86. The van der Waals surface area contributed by atoms with Crippen LogP contribution in [0.1, 0.15) is 30.6 Å². The van der Waals surface area contributed by atoms with Crippen LogP contribution in [0.4, 0.5) is 0 Å². The number of hydrogen-bond donors (Lipinski definition) is 4. The maximum atomic E-state index is 11.7. The maximum absolute atomic E-state index is 11.7. The number of carboxylic acids is 1. The van der Waals surface area contributed by atoms with E-state index in [0.29, 0.717) is 0 Å². The Hall–Kier alpha value is -2.38. The van der Waals surface area contributed by atoms with Crippen molar-refractivity contribution in [2.75, 3.05) is 0 Å². The predicted molar refractivity (Wildman–Crippen MR) is 61.5 cm³/mol. The third kappa shape index (κ3) is 3.58. The van der Waals surface area contributed by atoms with Crippen LogP contribution < -0.4 is 16.6 Å². The first kappa shape index (κ1) is 13.7. The molecule has 0 aliphatic rings. The number of amides is 1. The van der Waals surface area contributed by atoms with E-state index in [1.165, 1.54) is 13.8 Å². The molecule has 4 N–H and O–H groups in total. The molecule has 0 bridgehead atoms. The van der Waals surface area contributed by atoms with Crippen molar-refractivity contribution in [3.8, 4) is 0 Å². The Bertz CT molecular complexity index is 584. The van der Waals surface area contributed by atoms with Gasteiger partial charge in [-0.2, -0.15) is 0 Å². The molecule has 1 heterocycles. The van der Waals surface area contributed by atoms with Gasteiger partial charge >= 0.3 is 11.7 Å². The summed E-state index contributed by atoms with van der Waals surface area (Å²) in [6, 6.07) is 0. The topological polar surface area (TPSA) is 132 Å². The molecular weight excluding hydrogens is 242 g/mol. The molecule has 98 valence electrons. The largest absolute Gasteiger partial charge is 0.481 e. The third-order valence-corrected chi connectivity index (χ3v) is 2.11. The Morgan fingerprint density at radius 3 is 2.50 bits per heavy atom. The van der Waals surface area contributed by atoms with Crippen LogP contribution in [0, 0.1) is 0 Å². The van der Waals surface area contributed by atoms with E-state index in [4.69, 9.17) is 5.11 Å². The van der Waals surface area contributed by atoms with E-state index in [2.05, 4.69) is 10.3 Å². The first-order valence-corrected chi connectivity index (χ1v) is 5.07. The molecule has 8 nitrogen and oxygen atoms in total. The normalized spacial score (nSPS) is 11.0. The summed E-state index contributed by atoms with van der Waals surface area (Å²) in [6.45, 7) is 3.03. The Morgan fingerprint density at radius 2 is 2.00 bits per heavy atom. The van der Waals surface area contributed by atoms with Crippen LogP contribution in [-0.2, 0) is 4.79 Å². The van der Waals surface area contributed by atoms with Gasteiger partial charge in [-0.15, -0.1) is 0 Å². The van der Waals surface area contributed by atoms with Crippen molar-refractivity contribution in [3.05, 3.63) is 32.6 Å². The van der Waals surface area contributed by atoms with Gasteiger partial charge in [0.05, 0.1) is 6.42 Å². The van der Waals surface area contributed by atoms with Crippen LogP contribution in [0.2, 0.25) is 0 Å². The maximum Gasteiger partial charge on any atom is 0.325 e. The lowest BCUT2D eigenvalue weighted by atomic mass is 10.0. The summed E-state index contributed by atoms with van der Waals surface area (Å²) >= 11 is 0. The monoisotopic (exact) mass is 255 g/mol. The number of carbonyl (C=O) groups is 2. The Kier molecular flexibility index (Phi) is 3.70. The number of carboxylic acid groups (broad SMARTS) is 1. The van der Waals surface area contributed by atoms with E-state index in [9.17, 15) is 19.2 Å². The molecule has 0 aliphatic carbocycles. The standard InChI is InChI=1S/C10H13N3O5/c1-10(2,3-6(14)15)13-8(17)5-4-11-9(18)12-7(5)16/h4H,3H2,1-2H3,(H,13,17)(H,14,15)(H2,11,12,16,18). The number of aromatic amines is 2. The highest BCUT2D eigenvalue weighted by Gasteiger charge is 2.25. The van der Waals surface area contributed by atoms with Crippen molar-refractivity contribution in [1.29, 1.82) is 0 Å². The van der Waals surface area contributed by atoms with Crippen molar-refractivity contribution in [1.82, 2.24) is 15.3 Å². The van der Waals surface area contributed by atoms with Gasteiger partial charge < -0.3 is 15.4 Å². The number of nitrogens with one attached hydrogen (secondary N) is 3. The van der Waals surface area contributed by atoms with E-state index in [1.54, 1.807) is 0 Å². The number of hydrogen-bond acceptors (Lipinski definition) is 4. The van der Waals surface area contributed by atoms with Crippen molar-refractivity contribution >= 4 is 11.9 Å². The van der Waals surface area contributed by atoms with Gasteiger partial charge in [0.25, 0.3) is 11.5 Å². The smallest absolute Gasteiger partial charge is 0.325 e. The summed E-state index contributed by atoms with van der Waals surface area (Å²) < 4.78 is 0. The first-order valence-electron chi connectivity index (χ1n) is 5.07. The molecule has 0 atom stereocenters. The van der Waals surface area contributed by atoms with Gasteiger partial charge in [-0.05, 0) is 13.8 Å². The molecular formula is C10H13N3O5. The molecule has 18 heavy (non-hydrogen) atoms. The molecule has 1 aromatic rings. The fourth-order valence-corrected chi connectivity index (χ4v) is 1.38. The third-order valence-electron chi connectivity index (χ3n) is 2.11. The van der Waals surface area contributed by atoms with E-state index >= 15 is 0 Å².